The summed E-state index contributed by atoms with van der Waals surface area (Å²) >= 11 is 0. The molecule has 4 rings (SSSR count). The molecular weight excluding hydrogens is 355 g/mol. The van der Waals surface area contributed by atoms with Crippen LogP contribution in [0.15, 0.2) is 55.0 Å². The zero-order valence-corrected chi connectivity index (χ0v) is 14.1. The van der Waals surface area contributed by atoms with E-state index in [-0.39, 0.29) is 24.4 Å². The minimum Gasteiger partial charge on any atom is -0.306 e. The molecule has 136 valence electrons. The smallest absolute Gasteiger partial charge is 0.263 e. The van der Waals surface area contributed by atoms with Crippen LogP contribution < -0.4 is 4.90 Å². The molecule has 0 unspecified atom stereocenters. The summed E-state index contributed by atoms with van der Waals surface area (Å²) in [6.45, 7) is 0.165. The number of halogens is 3. The van der Waals surface area contributed by atoms with Crippen LogP contribution in [0.25, 0.3) is 11.1 Å². The minimum atomic E-state index is -2.56. The van der Waals surface area contributed by atoms with Crippen LogP contribution in [0.5, 0.6) is 0 Å². The quantitative estimate of drug-likeness (QED) is 0.688. The number of aromatic nitrogens is 2. The Morgan fingerprint density at radius 1 is 1.07 bits per heavy atom. The van der Waals surface area contributed by atoms with Crippen molar-refractivity contribution < 1.29 is 18.0 Å². The molecule has 3 aromatic rings. The van der Waals surface area contributed by atoms with E-state index in [0.717, 1.165) is 6.20 Å². The first-order valence-corrected chi connectivity index (χ1v) is 8.28. The third-order valence-corrected chi connectivity index (χ3v) is 4.43. The first-order chi connectivity index (χ1) is 13.0. The molecule has 0 N–H and O–H groups in total. The van der Waals surface area contributed by atoms with Gasteiger partial charge in [-0.05, 0) is 29.3 Å². The second kappa shape index (κ2) is 6.83. The van der Waals surface area contributed by atoms with Crippen LogP contribution in [0, 0.1) is 5.82 Å². The summed E-state index contributed by atoms with van der Waals surface area (Å²) < 4.78 is 39.3. The molecule has 0 spiro atoms. The third kappa shape index (κ3) is 3.40. The van der Waals surface area contributed by atoms with Gasteiger partial charge < -0.3 is 4.90 Å². The molecule has 0 aliphatic carbocycles. The van der Waals surface area contributed by atoms with Gasteiger partial charge in [-0.3, -0.25) is 14.8 Å². The summed E-state index contributed by atoms with van der Waals surface area (Å²) in [5.41, 5.74) is 2.92. The van der Waals surface area contributed by atoms with Gasteiger partial charge in [0.05, 0.1) is 30.5 Å². The van der Waals surface area contributed by atoms with E-state index < -0.39 is 12.2 Å². The normalized spacial score (nSPS) is 13.3. The molecule has 1 aliphatic heterocycles. The molecule has 0 saturated carbocycles. The van der Waals surface area contributed by atoms with Gasteiger partial charge in [0.15, 0.2) is 0 Å². The predicted molar refractivity (Wildman–Crippen MR) is 93.7 cm³/mol. The number of carbonyl (C=O) groups excluding carboxylic acids is 1. The Balaban J connectivity index is 1.69. The van der Waals surface area contributed by atoms with Crippen LogP contribution in [0.2, 0.25) is 0 Å². The number of amides is 1. The fourth-order valence-corrected chi connectivity index (χ4v) is 3.13. The van der Waals surface area contributed by atoms with Crippen LogP contribution in [-0.4, -0.2) is 15.9 Å². The largest absolute Gasteiger partial charge is 0.306 e. The lowest BCUT2D eigenvalue weighted by Crippen LogP contribution is -2.26. The number of alkyl halides is 2. The lowest BCUT2D eigenvalue weighted by Gasteiger charge is -2.18. The number of hydrogen-bond donors (Lipinski definition) is 0. The fraction of sp³-hybridized carbons (Fsp3) is 0.150. The number of pyridine rings is 2. The van der Waals surface area contributed by atoms with Crippen LogP contribution in [0.3, 0.4) is 0 Å². The molecule has 0 saturated heterocycles. The predicted octanol–water partition coefficient (Wildman–Crippen LogP) is 4.31. The second-order valence-corrected chi connectivity index (χ2v) is 6.28. The van der Waals surface area contributed by atoms with Crippen molar-refractivity contribution in [2.75, 3.05) is 4.90 Å². The van der Waals surface area contributed by atoms with Gasteiger partial charge in [0.25, 0.3) is 6.43 Å². The Morgan fingerprint density at radius 2 is 1.93 bits per heavy atom. The molecule has 0 radical (unpaired) electrons. The van der Waals surface area contributed by atoms with Crippen LogP contribution in [0.4, 0.5) is 18.9 Å². The summed E-state index contributed by atoms with van der Waals surface area (Å²) in [6, 6.07) is 9.12. The van der Waals surface area contributed by atoms with Gasteiger partial charge in [0, 0.05) is 23.5 Å². The lowest BCUT2D eigenvalue weighted by atomic mass is 10.0. The van der Waals surface area contributed by atoms with Crippen LogP contribution >= 0.6 is 0 Å². The molecule has 1 aliphatic rings. The molecule has 2 aromatic heterocycles. The van der Waals surface area contributed by atoms with Crippen molar-refractivity contribution in [2.45, 2.75) is 19.4 Å². The molecule has 0 atom stereocenters. The Morgan fingerprint density at radius 3 is 2.70 bits per heavy atom. The summed E-state index contributed by atoms with van der Waals surface area (Å²) in [7, 11) is 0. The second-order valence-electron chi connectivity index (χ2n) is 6.28. The van der Waals surface area contributed by atoms with E-state index >= 15 is 0 Å². The lowest BCUT2D eigenvalue weighted by molar-refractivity contribution is -0.117. The number of fused-ring (bicyclic) bond motifs is 1. The van der Waals surface area contributed by atoms with Crippen LogP contribution in [0.1, 0.15) is 23.2 Å². The van der Waals surface area contributed by atoms with E-state index in [1.54, 1.807) is 24.4 Å². The summed E-state index contributed by atoms with van der Waals surface area (Å²) in [6.07, 6.45) is 1.75. The van der Waals surface area contributed by atoms with E-state index in [4.69, 9.17) is 0 Å². The van der Waals surface area contributed by atoms with Gasteiger partial charge in [-0.25, -0.2) is 13.2 Å². The van der Waals surface area contributed by atoms with Crippen molar-refractivity contribution >= 4 is 11.6 Å². The Labute approximate surface area is 153 Å². The highest BCUT2D eigenvalue weighted by Gasteiger charge is 2.29. The Bertz CT molecular complexity index is 1020. The Kier molecular flexibility index (Phi) is 4.35. The van der Waals surface area contributed by atoms with Crippen molar-refractivity contribution in [3.63, 3.8) is 0 Å². The van der Waals surface area contributed by atoms with Crippen molar-refractivity contribution in [1.29, 1.82) is 0 Å². The highest BCUT2D eigenvalue weighted by Crippen LogP contribution is 2.33. The van der Waals surface area contributed by atoms with E-state index in [1.807, 2.05) is 0 Å². The minimum absolute atomic E-state index is 0.0771. The first kappa shape index (κ1) is 17.2. The number of anilines is 1. The summed E-state index contributed by atoms with van der Waals surface area (Å²) in [4.78, 5) is 22.0. The summed E-state index contributed by atoms with van der Waals surface area (Å²) in [5.74, 6) is -0.629. The van der Waals surface area contributed by atoms with Gasteiger partial charge in [0.2, 0.25) is 5.91 Å². The topological polar surface area (TPSA) is 46.1 Å². The van der Waals surface area contributed by atoms with Gasteiger partial charge in [-0.15, -0.1) is 0 Å². The SMILES string of the molecule is O=C1Cc2ncc(-c3cccc(C(F)F)c3)cc2N1Cc1cncc(F)c1. The average Bonchev–Trinajstić information content (AvgIpc) is 2.96. The molecule has 27 heavy (non-hydrogen) atoms. The van der Waals surface area contributed by atoms with E-state index in [0.29, 0.717) is 28.1 Å². The molecule has 3 heterocycles. The Hall–Kier alpha value is -3.22. The highest BCUT2D eigenvalue weighted by molar-refractivity contribution is 6.01. The van der Waals surface area contributed by atoms with Gasteiger partial charge >= 0.3 is 0 Å². The van der Waals surface area contributed by atoms with Crippen LogP contribution in [-0.2, 0) is 17.8 Å². The van der Waals surface area contributed by atoms with Gasteiger partial charge in [0.1, 0.15) is 5.82 Å². The first-order valence-electron chi connectivity index (χ1n) is 8.28. The van der Waals surface area contributed by atoms with Gasteiger partial charge in [-0.1, -0.05) is 18.2 Å². The maximum absolute atomic E-state index is 13.4. The third-order valence-electron chi connectivity index (χ3n) is 4.43. The molecule has 0 bridgehead atoms. The number of nitrogens with zero attached hydrogens (tertiary/aromatic N) is 3. The van der Waals surface area contributed by atoms with E-state index in [1.165, 1.54) is 29.3 Å². The number of hydrogen-bond acceptors (Lipinski definition) is 3. The maximum Gasteiger partial charge on any atom is 0.263 e. The van der Waals surface area contributed by atoms with Crippen molar-refractivity contribution in [3.05, 3.63) is 77.6 Å². The highest BCUT2D eigenvalue weighted by atomic mass is 19.3. The molecule has 1 amide bonds. The van der Waals surface area contributed by atoms with Crippen molar-refractivity contribution in [3.8, 4) is 11.1 Å². The number of rotatable bonds is 4. The molecule has 0 fully saturated rings. The van der Waals surface area contributed by atoms with Crippen molar-refractivity contribution in [2.24, 2.45) is 0 Å². The molecular formula is C20H14F3N3O. The summed E-state index contributed by atoms with van der Waals surface area (Å²) in [5, 5.41) is 0. The molecule has 4 nitrogen and oxygen atoms in total. The standard InChI is InChI=1S/C20H14F3N3O/c21-16-4-12(8-24-10-16)11-26-18-6-15(9-25-17(18)7-19(26)27)13-2-1-3-14(5-13)20(22)23/h1-6,8-10,20H,7,11H2. The molecule has 7 heteroatoms. The average molecular weight is 369 g/mol. The van der Waals surface area contributed by atoms with E-state index in [9.17, 15) is 18.0 Å². The zero-order chi connectivity index (χ0) is 19.0. The van der Waals surface area contributed by atoms with E-state index in [2.05, 4.69) is 9.97 Å². The van der Waals surface area contributed by atoms with Gasteiger partial charge in [-0.2, -0.15) is 0 Å². The zero-order valence-electron chi connectivity index (χ0n) is 14.1. The van der Waals surface area contributed by atoms with Crippen molar-refractivity contribution in [1.82, 2.24) is 9.97 Å². The monoisotopic (exact) mass is 369 g/mol. The number of benzene rings is 1. The molecule has 1 aromatic carbocycles. The number of carbonyl (C=O) groups is 1. The maximum atomic E-state index is 13.4. The fourth-order valence-electron chi connectivity index (χ4n) is 3.13.